The van der Waals surface area contributed by atoms with E-state index in [-0.39, 0.29) is 23.8 Å². The molecular weight excluding hydrogens is 204 g/mol. The van der Waals surface area contributed by atoms with Crippen molar-refractivity contribution in [3.05, 3.63) is 30.1 Å². The van der Waals surface area contributed by atoms with Gasteiger partial charge in [0.15, 0.2) is 5.78 Å². The summed E-state index contributed by atoms with van der Waals surface area (Å²) in [6.45, 7) is 4.04. The fourth-order valence-electron chi connectivity index (χ4n) is 2.02. The maximum atomic E-state index is 12.2. The van der Waals surface area contributed by atoms with Gasteiger partial charge in [-0.15, -0.1) is 0 Å². The van der Waals surface area contributed by atoms with Gasteiger partial charge in [0.2, 0.25) is 0 Å². The second-order valence-electron chi connectivity index (χ2n) is 4.66. The van der Waals surface area contributed by atoms with E-state index in [2.05, 4.69) is 4.98 Å². The number of rotatable bonds is 1. The van der Waals surface area contributed by atoms with Gasteiger partial charge in [0.25, 0.3) is 5.91 Å². The highest BCUT2D eigenvalue weighted by Gasteiger charge is 2.40. The van der Waals surface area contributed by atoms with Gasteiger partial charge < -0.3 is 4.90 Å². The summed E-state index contributed by atoms with van der Waals surface area (Å²) in [4.78, 5) is 29.1. The number of ketones is 1. The number of hydrogen-bond donors (Lipinski definition) is 0. The van der Waals surface area contributed by atoms with Crippen molar-refractivity contribution in [2.75, 3.05) is 6.54 Å². The van der Waals surface area contributed by atoms with E-state index in [0.29, 0.717) is 12.0 Å². The molecule has 1 aromatic rings. The number of pyridine rings is 1. The lowest BCUT2D eigenvalue weighted by Gasteiger charge is -2.30. The average molecular weight is 218 g/mol. The Morgan fingerprint density at radius 1 is 1.38 bits per heavy atom. The van der Waals surface area contributed by atoms with Crippen molar-refractivity contribution in [2.45, 2.75) is 25.8 Å². The Balaban J connectivity index is 2.27. The van der Waals surface area contributed by atoms with Crippen LogP contribution in [0, 0.1) is 0 Å². The summed E-state index contributed by atoms with van der Waals surface area (Å²) in [5.41, 5.74) is 0.204. The molecule has 1 aromatic heterocycles. The summed E-state index contributed by atoms with van der Waals surface area (Å²) < 4.78 is 0. The molecule has 1 saturated heterocycles. The molecule has 2 heterocycles. The molecule has 4 heteroatoms. The van der Waals surface area contributed by atoms with E-state index in [9.17, 15) is 9.59 Å². The third kappa shape index (κ3) is 1.83. The van der Waals surface area contributed by atoms with Crippen LogP contribution in [0.25, 0.3) is 0 Å². The number of likely N-dealkylation sites (tertiary alicyclic amines) is 1. The zero-order chi connectivity index (χ0) is 11.8. The van der Waals surface area contributed by atoms with Crippen LogP contribution >= 0.6 is 0 Å². The summed E-state index contributed by atoms with van der Waals surface area (Å²) in [5.74, 6) is 0.0191. The van der Waals surface area contributed by atoms with Crippen LogP contribution in [-0.2, 0) is 4.79 Å². The number of nitrogens with zero attached hydrogens (tertiary/aromatic N) is 2. The van der Waals surface area contributed by atoms with E-state index in [4.69, 9.17) is 0 Å². The average Bonchev–Trinajstić information content (AvgIpc) is 2.52. The Labute approximate surface area is 94.3 Å². The number of carbonyl (C=O) groups excluding carboxylic acids is 2. The SMILES string of the molecule is CC1(C)CC(=O)CN1C(=O)c1ccncc1. The van der Waals surface area contributed by atoms with Crippen molar-refractivity contribution in [3.8, 4) is 0 Å². The molecule has 2 rings (SSSR count). The van der Waals surface area contributed by atoms with Gasteiger partial charge in [-0.1, -0.05) is 0 Å². The smallest absolute Gasteiger partial charge is 0.254 e. The van der Waals surface area contributed by atoms with Gasteiger partial charge in [-0.2, -0.15) is 0 Å². The summed E-state index contributed by atoms with van der Waals surface area (Å²) in [6.07, 6.45) is 3.60. The Morgan fingerprint density at radius 3 is 2.50 bits per heavy atom. The molecule has 84 valence electrons. The van der Waals surface area contributed by atoms with Crippen LogP contribution in [-0.4, -0.2) is 33.7 Å². The van der Waals surface area contributed by atoms with E-state index in [0.717, 1.165) is 0 Å². The van der Waals surface area contributed by atoms with Gasteiger partial charge in [-0.25, -0.2) is 0 Å². The first kappa shape index (κ1) is 10.8. The maximum absolute atomic E-state index is 12.2. The first-order valence-corrected chi connectivity index (χ1v) is 5.24. The third-order valence-corrected chi connectivity index (χ3v) is 2.87. The van der Waals surface area contributed by atoms with Crippen LogP contribution in [0.2, 0.25) is 0 Å². The number of carbonyl (C=O) groups is 2. The highest BCUT2D eigenvalue weighted by molar-refractivity contribution is 5.99. The highest BCUT2D eigenvalue weighted by Crippen LogP contribution is 2.27. The second-order valence-corrected chi connectivity index (χ2v) is 4.66. The number of hydrogen-bond acceptors (Lipinski definition) is 3. The van der Waals surface area contributed by atoms with Crippen molar-refractivity contribution < 1.29 is 9.59 Å². The summed E-state index contributed by atoms with van der Waals surface area (Å²) >= 11 is 0. The molecule has 0 N–H and O–H groups in total. The van der Waals surface area contributed by atoms with Gasteiger partial charge in [0.05, 0.1) is 6.54 Å². The molecule has 0 aliphatic carbocycles. The minimum Gasteiger partial charge on any atom is -0.326 e. The zero-order valence-corrected chi connectivity index (χ0v) is 9.43. The van der Waals surface area contributed by atoms with Crippen molar-refractivity contribution in [1.82, 2.24) is 9.88 Å². The molecular formula is C12H14N2O2. The monoisotopic (exact) mass is 218 g/mol. The van der Waals surface area contributed by atoms with E-state index < -0.39 is 0 Å². The van der Waals surface area contributed by atoms with Crippen LogP contribution < -0.4 is 0 Å². The largest absolute Gasteiger partial charge is 0.326 e. The number of aromatic nitrogens is 1. The van der Waals surface area contributed by atoms with Crippen molar-refractivity contribution in [1.29, 1.82) is 0 Å². The van der Waals surface area contributed by atoms with Crippen molar-refractivity contribution >= 4 is 11.7 Å². The molecule has 1 aliphatic heterocycles. The van der Waals surface area contributed by atoms with E-state index in [1.54, 1.807) is 29.4 Å². The third-order valence-electron chi connectivity index (χ3n) is 2.87. The molecule has 0 saturated carbocycles. The molecule has 0 spiro atoms. The maximum Gasteiger partial charge on any atom is 0.254 e. The topological polar surface area (TPSA) is 50.3 Å². The van der Waals surface area contributed by atoms with Gasteiger partial charge in [0, 0.05) is 29.9 Å². The van der Waals surface area contributed by atoms with Crippen LogP contribution in [0.4, 0.5) is 0 Å². The van der Waals surface area contributed by atoms with E-state index in [1.807, 2.05) is 13.8 Å². The minimum atomic E-state index is -0.378. The molecule has 0 atom stereocenters. The Bertz CT molecular complexity index is 426. The normalized spacial score (nSPS) is 18.9. The molecule has 0 aromatic carbocycles. The predicted octanol–water partition coefficient (Wildman–Crippen LogP) is 1.28. The Hall–Kier alpha value is -1.71. The van der Waals surface area contributed by atoms with Crippen molar-refractivity contribution in [2.24, 2.45) is 0 Å². The van der Waals surface area contributed by atoms with Gasteiger partial charge in [-0.3, -0.25) is 14.6 Å². The summed E-state index contributed by atoms with van der Waals surface area (Å²) in [5, 5.41) is 0. The number of Topliss-reactive ketones (excluding diaryl/α,β-unsaturated/α-hetero) is 1. The molecule has 1 fully saturated rings. The first-order valence-electron chi connectivity index (χ1n) is 5.24. The van der Waals surface area contributed by atoms with Crippen LogP contribution in [0.3, 0.4) is 0 Å². The predicted molar refractivity (Wildman–Crippen MR) is 59.0 cm³/mol. The fourth-order valence-corrected chi connectivity index (χ4v) is 2.02. The lowest BCUT2D eigenvalue weighted by Crippen LogP contribution is -2.42. The summed E-state index contributed by atoms with van der Waals surface area (Å²) in [6, 6.07) is 3.34. The Kier molecular flexibility index (Phi) is 2.50. The minimum absolute atomic E-state index is 0.0988. The fraction of sp³-hybridized carbons (Fsp3) is 0.417. The van der Waals surface area contributed by atoms with Crippen LogP contribution in [0.5, 0.6) is 0 Å². The quantitative estimate of drug-likeness (QED) is 0.713. The molecule has 16 heavy (non-hydrogen) atoms. The zero-order valence-electron chi connectivity index (χ0n) is 9.43. The lowest BCUT2D eigenvalue weighted by atomic mass is 10.0. The Morgan fingerprint density at radius 2 is 2.00 bits per heavy atom. The van der Waals surface area contributed by atoms with E-state index >= 15 is 0 Å². The molecule has 0 bridgehead atoms. The van der Waals surface area contributed by atoms with Crippen LogP contribution in [0.15, 0.2) is 24.5 Å². The van der Waals surface area contributed by atoms with Gasteiger partial charge in [-0.05, 0) is 26.0 Å². The standard InChI is InChI=1S/C12H14N2O2/c1-12(2)7-10(15)8-14(12)11(16)9-3-5-13-6-4-9/h3-6H,7-8H2,1-2H3. The first-order chi connectivity index (χ1) is 7.50. The van der Waals surface area contributed by atoms with E-state index in [1.165, 1.54) is 0 Å². The van der Waals surface area contributed by atoms with Gasteiger partial charge >= 0.3 is 0 Å². The molecule has 4 nitrogen and oxygen atoms in total. The van der Waals surface area contributed by atoms with Gasteiger partial charge in [0.1, 0.15) is 0 Å². The van der Waals surface area contributed by atoms with Crippen LogP contribution in [0.1, 0.15) is 30.6 Å². The molecule has 1 amide bonds. The highest BCUT2D eigenvalue weighted by atomic mass is 16.2. The molecule has 1 aliphatic rings. The second kappa shape index (κ2) is 3.70. The molecule has 0 radical (unpaired) electrons. The summed E-state index contributed by atoms with van der Waals surface area (Å²) in [7, 11) is 0. The number of amides is 1. The lowest BCUT2D eigenvalue weighted by molar-refractivity contribution is -0.116. The molecule has 0 unspecified atom stereocenters. The van der Waals surface area contributed by atoms with Crippen molar-refractivity contribution in [3.63, 3.8) is 0 Å².